The smallest absolute Gasteiger partial charge is 0.133 e. The molecule has 0 spiro atoms. The lowest BCUT2D eigenvalue weighted by Gasteiger charge is -2.23. The predicted octanol–water partition coefficient (Wildman–Crippen LogP) is 5.22. The van der Waals surface area contributed by atoms with E-state index in [2.05, 4.69) is 17.1 Å². The quantitative estimate of drug-likeness (QED) is 0.689. The number of aromatic nitrogens is 1. The van der Waals surface area contributed by atoms with Crippen molar-refractivity contribution in [2.24, 2.45) is 0 Å². The maximum atomic E-state index is 14.3. The van der Waals surface area contributed by atoms with E-state index in [9.17, 15) is 4.39 Å². The average Bonchev–Trinajstić information content (AvgIpc) is 3.02. The number of halogens is 1. The van der Waals surface area contributed by atoms with E-state index in [4.69, 9.17) is 4.74 Å². The van der Waals surface area contributed by atoms with Crippen molar-refractivity contribution in [2.45, 2.75) is 25.4 Å². The van der Waals surface area contributed by atoms with Crippen LogP contribution in [0.2, 0.25) is 0 Å². The van der Waals surface area contributed by atoms with Crippen LogP contribution in [0, 0.1) is 5.82 Å². The lowest BCUT2D eigenvalue weighted by atomic mass is 9.97. The fraction of sp³-hybridized carbons (Fsp3) is 0.263. The predicted molar refractivity (Wildman–Crippen MR) is 86.2 cm³/mol. The maximum absolute atomic E-state index is 14.3. The van der Waals surface area contributed by atoms with E-state index in [0.29, 0.717) is 5.56 Å². The normalized spacial score (nSPS) is 18.7. The van der Waals surface area contributed by atoms with E-state index in [1.807, 2.05) is 30.5 Å². The van der Waals surface area contributed by atoms with Gasteiger partial charge < -0.3 is 9.72 Å². The molecule has 112 valence electrons. The Morgan fingerprint density at radius 1 is 1.05 bits per heavy atom. The highest BCUT2D eigenvalue weighted by Gasteiger charge is 2.16. The SMILES string of the molecule is Fc1cc2[nH]ccc2cc1-c1ccc(C2CCCCO2)cc1. The van der Waals surface area contributed by atoms with Gasteiger partial charge in [0.15, 0.2) is 0 Å². The van der Waals surface area contributed by atoms with Crippen molar-refractivity contribution >= 4 is 10.9 Å². The first-order valence-electron chi connectivity index (χ1n) is 7.80. The molecule has 3 heteroatoms. The van der Waals surface area contributed by atoms with Gasteiger partial charge in [-0.3, -0.25) is 0 Å². The molecule has 1 atom stereocenters. The number of nitrogens with one attached hydrogen (secondary N) is 1. The Labute approximate surface area is 128 Å². The Hall–Kier alpha value is -2.13. The van der Waals surface area contributed by atoms with E-state index in [0.717, 1.165) is 35.9 Å². The molecule has 1 unspecified atom stereocenters. The summed E-state index contributed by atoms with van der Waals surface area (Å²) in [6.45, 7) is 0.838. The maximum Gasteiger partial charge on any atom is 0.133 e. The van der Waals surface area contributed by atoms with Crippen molar-refractivity contribution in [3.63, 3.8) is 0 Å². The van der Waals surface area contributed by atoms with Crippen LogP contribution in [0.3, 0.4) is 0 Å². The number of benzene rings is 2. The van der Waals surface area contributed by atoms with Crippen molar-refractivity contribution in [3.8, 4) is 11.1 Å². The second-order valence-corrected chi connectivity index (χ2v) is 5.87. The molecule has 1 aliphatic rings. The minimum Gasteiger partial charge on any atom is -0.374 e. The zero-order valence-electron chi connectivity index (χ0n) is 12.3. The van der Waals surface area contributed by atoms with Crippen LogP contribution < -0.4 is 0 Å². The van der Waals surface area contributed by atoms with E-state index < -0.39 is 0 Å². The molecule has 1 aromatic heterocycles. The zero-order valence-corrected chi connectivity index (χ0v) is 12.3. The fourth-order valence-corrected chi connectivity index (χ4v) is 3.18. The van der Waals surface area contributed by atoms with Gasteiger partial charge in [0.2, 0.25) is 0 Å². The number of hydrogen-bond donors (Lipinski definition) is 1. The number of ether oxygens (including phenoxy) is 1. The third-order valence-corrected chi connectivity index (χ3v) is 4.41. The van der Waals surface area contributed by atoms with Crippen LogP contribution in [0.1, 0.15) is 30.9 Å². The molecule has 1 saturated heterocycles. The number of rotatable bonds is 2. The molecule has 0 amide bonds. The second-order valence-electron chi connectivity index (χ2n) is 5.87. The average molecular weight is 295 g/mol. The van der Waals surface area contributed by atoms with Crippen LogP contribution in [0.25, 0.3) is 22.0 Å². The molecule has 2 nitrogen and oxygen atoms in total. The van der Waals surface area contributed by atoms with Gasteiger partial charge in [0.25, 0.3) is 0 Å². The molecular formula is C19H18FNO. The van der Waals surface area contributed by atoms with E-state index in [-0.39, 0.29) is 11.9 Å². The van der Waals surface area contributed by atoms with Gasteiger partial charge in [0.05, 0.1) is 6.10 Å². The summed E-state index contributed by atoms with van der Waals surface area (Å²) in [7, 11) is 0. The van der Waals surface area contributed by atoms with Gasteiger partial charge in [-0.2, -0.15) is 0 Å². The Morgan fingerprint density at radius 2 is 1.91 bits per heavy atom. The third kappa shape index (κ3) is 2.42. The fourth-order valence-electron chi connectivity index (χ4n) is 3.18. The molecule has 0 bridgehead atoms. The second kappa shape index (κ2) is 5.58. The van der Waals surface area contributed by atoms with Crippen molar-refractivity contribution < 1.29 is 9.13 Å². The number of fused-ring (bicyclic) bond motifs is 1. The van der Waals surface area contributed by atoms with Crippen LogP contribution in [0.4, 0.5) is 4.39 Å². The summed E-state index contributed by atoms with van der Waals surface area (Å²) in [6, 6.07) is 13.5. The highest BCUT2D eigenvalue weighted by Crippen LogP contribution is 2.31. The monoisotopic (exact) mass is 295 g/mol. The Morgan fingerprint density at radius 3 is 2.68 bits per heavy atom. The summed E-state index contributed by atoms with van der Waals surface area (Å²) < 4.78 is 20.1. The molecular weight excluding hydrogens is 277 g/mol. The van der Waals surface area contributed by atoms with Gasteiger partial charge in [-0.1, -0.05) is 24.3 Å². The van der Waals surface area contributed by atoms with Gasteiger partial charge in [-0.25, -0.2) is 4.39 Å². The van der Waals surface area contributed by atoms with Gasteiger partial charge in [-0.05, 0) is 48.6 Å². The van der Waals surface area contributed by atoms with Crippen molar-refractivity contribution in [1.82, 2.24) is 4.98 Å². The molecule has 4 rings (SSSR count). The first-order valence-corrected chi connectivity index (χ1v) is 7.80. The Balaban J connectivity index is 1.67. The van der Waals surface area contributed by atoms with Crippen LogP contribution in [0.5, 0.6) is 0 Å². The molecule has 1 N–H and O–H groups in total. The third-order valence-electron chi connectivity index (χ3n) is 4.41. The number of hydrogen-bond acceptors (Lipinski definition) is 1. The zero-order chi connectivity index (χ0) is 14.9. The molecule has 1 fully saturated rings. The van der Waals surface area contributed by atoms with Crippen molar-refractivity contribution in [3.05, 3.63) is 60.0 Å². The summed E-state index contributed by atoms with van der Waals surface area (Å²) >= 11 is 0. The molecule has 0 aliphatic carbocycles. The summed E-state index contributed by atoms with van der Waals surface area (Å²) in [5.74, 6) is -0.198. The van der Waals surface area contributed by atoms with Gasteiger partial charge >= 0.3 is 0 Å². The number of H-pyrrole nitrogens is 1. The molecule has 0 saturated carbocycles. The molecule has 22 heavy (non-hydrogen) atoms. The van der Waals surface area contributed by atoms with E-state index in [1.165, 1.54) is 12.0 Å². The molecule has 3 aromatic rings. The molecule has 2 heterocycles. The minimum absolute atomic E-state index is 0.194. The minimum atomic E-state index is -0.198. The Kier molecular flexibility index (Phi) is 3.43. The molecule has 2 aromatic carbocycles. The Bertz CT molecular complexity index is 785. The van der Waals surface area contributed by atoms with Gasteiger partial charge in [0, 0.05) is 29.3 Å². The van der Waals surface area contributed by atoms with Crippen LogP contribution in [0.15, 0.2) is 48.7 Å². The first-order chi connectivity index (χ1) is 10.8. The summed E-state index contributed by atoms with van der Waals surface area (Å²) in [5, 5.41) is 1.02. The summed E-state index contributed by atoms with van der Waals surface area (Å²) in [4.78, 5) is 3.03. The first kappa shape index (κ1) is 13.5. The number of aromatic amines is 1. The highest BCUT2D eigenvalue weighted by molar-refractivity contribution is 5.85. The van der Waals surface area contributed by atoms with E-state index >= 15 is 0 Å². The molecule has 1 aliphatic heterocycles. The van der Waals surface area contributed by atoms with Crippen LogP contribution in [-0.4, -0.2) is 11.6 Å². The van der Waals surface area contributed by atoms with Crippen LogP contribution >= 0.6 is 0 Å². The van der Waals surface area contributed by atoms with E-state index in [1.54, 1.807) is 6.07 Å². The largest absolute Gasteiger partial charge is 0.374 e. The highest BCUT2D eigenvalue weighted by atomic mass is 19.1. The summed E-state index contributed by atoms with van der Waals surface area (Å²) in [6.07, 6.45) is 5.46. The topological polar surface area (TPSA) is 25.0 Å². The molecule has 0 radical (unpaired) electrons. The van der Waals surface area contributed by atoms with Crippen molar-refractivity contribution in [1.29, 1.82) is 0 Å². The van der Waals surface area contributed by atoms with Gasteiger partial charge in [-0.15, -0.1) is 0 Å². The van der Waals surface area contributed by atoms with Gasteiger partial charge in [0.1, 0.15) is 5.82 Å². The van der Waals surface area contributed by atoms with Crippen molar-refractivity contribution in [2.75, 3.05) is 6.61 Å². The standard InChI is InChI=1S/C19H18FNO/c20-17-12-18-15(8-9-21-18)11-16(17)13-4-6-14(7-5-13)19-3-1-2-10-22-19/h4-9,11-12,19,21H,1-3,10H2. The van der Waals surface area contributed by atoms with Crippen LogP contribution in [-0.2, 0) is 4.74 Å². The lowest BCUT2D eigenvalue weighted by Crippen LogP contribution is -2.11. The lowest BCUT2D eigenvalue weighted by molar-refractivity contribution is 0.0150. The summed E-state index contributed by atoms with van der Waals surface area (Å²) in [5.41, 5.74) is 3.56.